The van der Waals surface area contributed by atoms with Crippen LogP contribution >= 0.6 is 0 Å². The highest BCUT2D eigenvalue weighted by molar-refractivity contribution is 7.92. The number of anilines is 1. The molecule has 1 amide bonds. The van der Waals surface area contributed by atoms with Crippen molar-refractivity contribution in [1.29, 1.82) is 0 Å². The van der Waals surface area contributed by atoms with Crippen LogP contribution in [-0.2, 0) is 14.6 Å². The molecule has 2 unspecified atom stereocenters. The molecule has 2 N–H and O–H groups in total. The third-order valence-corrected chi connectivity index (χ3v) is 6.03. The normalized spacial score (nSPS) is 15.6. The first-order valence-electron chi connectivity index (χ1n) is 7.52. The molecule has 0 aliphatic rings. The number of nitrogens with one attached hydrogen (secondary N) is 1. The second-order valence-electron chi connectivity index (χ2n) is 5.89. The van der Waals surface area contributed by atoms with Crippen molar-refractivity contribution < 1.29 is 35.9 Å². The van der Waals surface area contributed by atoms with Crippen molar-refractivity contribution in [2.45, 2.75) is 28.8 Å². The van der Waals surface area contributed by atoms with Gasteiger partial charge in [0.1, 0.15) is 5.82 Å². The van der Waals surface area contributed by atoms with Gasteiger partial charge >= 0.3 is 6.18 Å². The van der Waals surface area contributed by atoms with Gasteiger partial charge in [-0.1, -0.05) is 18.2 Å². The van der Waals surface area contributed by atoms with E-state index in [0.717, 1.165) is 0 Å². The maximum Gasteiger partial charge on any atom is 0.409 e. The van der Waals surface area contributed by atoms with Crippen molar-refractivity contribution in [2.24, 2.45) is 0 Å². The summed E-state index contributed by atoms with van der Waals surface area (Å²) in [7, 11) is -5.27. The number of carbonyl (C=O) groups is 1. The SMILES string of the molecule is CC(O)(C(=O)Nc1ccccc1)C(C(F)(F)F)S(=O)(=O)c1ccc(F)cc1. The number of para-hydroxylation sites is 1. The number of halogens is 4. The Balaban J connectivity index is 2.48. The van der Waals surface area contributed by atoms with E-state index in [2.05, 4.69) is 5.32 Å². The molecule has 0 spiro atoms. The summed E-state index contributed by atoms with van der Waals surface area (Å²) < 4.78 is 78.8. The van der Waals surface area contributed by atoms with Gasteiger partial charge in [-0.05, 0) is 43.3 Å². The first-order chi connectivity index (χ1) is 12.4. The average Bonchev–Trinajstić information content (AvgIpc) is 2.54. The zero-order valence-electron chi connectivity index (χ0n) is 13.9. The second-order valence-corrected chi connectivity index (χ2v) is 7.92. The molecule has 2 atom stereocenters. The van der Waals surface area contributed by atoms with Crippen LogP contribution in [0.1, 0.15) is 6.92 Å². The molecule has 0 aliphatic heterocycles. The molecule has 0 heterocycles. The summed E-state index contributed by atoms with van der Waals surface area (Å²) in [5.41, 5.74) is -3.29. The first-order valence-corrected chi connectivity index (χ1v) is 9.06. The summed E-state index contributed by atoms with van der Waals surface area (Å²) in [5.74, 6) is -2.41. The molecule has 10 heteroatoms. The summed E-state index contributed by atoms with van der Waals surface area (Å²) in [6.07, 6.45) is -5.48. The Morgan fingerprint density at radius 1 is 1.04 bits per heavy atom. The van der Waals surface area contributed by atoms with Gasteiger partial charge in [-0.2, -0.15) is 13.2 Å². The molecule has 5 nitrogen and oxygen atoms in total. The predicted molar refractivity (Wildman–Crippen MR) is 89.1 cm³/mol. The van der Waals surface area contributed by atoms with E-state index >= 15 is 0 Å². The molecule has 0 fully saturated rings. The molecule has 2 aromatic rings. The number of hydrogen-bond donors (Lipinski definition) is 2. The van der Waals surface area contributed by atoms with Crippen LogP contribution in [0.4, 0.5) is 23.2 Å². The van der Waals surface area contributed by atoms with Crippen molar-refractivity contribution in [2.75, 3.05) is 5.32 Å². The standard InChI is InChI=1S/C17H15F4NO4S/c1-16(24,15(23)22-12-5-3-2-4-6-12)14(17(19,20)21)27(25,26)13-9-7-11(18)8-10-13/h2-10,14,24H,1H3,(H,22,23). The van der Waals surface area contributed by atoms with Crippen LogP contribution in [0, 0.1) is 5.82 Å². The number of carbonyl (C=O) groups excluding carboxylic acids is 1. The van der Waals surface area contributed by atoms with Gasteiger partial charge in [-0.3, -0.25) is 4.79 Å². The van der Waals surface area contributed by atoms with E-state index in [0.29, 0.717) is 31.2 Å². The molecule has 0 saturated heterocycles. The molecule has 2 aromatic carbocycles. The van der Waals surface area contributed by atoms with E-state index in [9.17, 15) is 35.9 Å². The van der Waals surface area contributed by atoms with Crippen molar-refractivity contribution in [3.05, 3.63) is 60.4 Å². The van der Waals surface area contributed by atoms with Crippen LogP contribution in [0.3, 0.4) is 0 Å². The lowest BCUT2D eigenvalue weighted by Crippen LogP contribution is -2.59. The van der Waals surface area contributed by atoms with Crippen molar-refractivity contribution in [3.63, 3.8) is 0 Å². The lowest BCUT2D eigenvalue weighted by molar-refractivity contribution is -0.174. The number of benzene rings is 2. The molecule has 2 rings (SSSR count). The van der Waals surface area contributed by atoms with Crippen LogP contribution in [0.15, 0.2) is 59.5 Å². The van der Waals surface area contributed by atoms with E-state index < -0.39 is 43.5 Å². The van der Waals surface area contributed by atoms with Gasteiger partial charge < -0.3 is 10.4 Å². The van der Waals surface area contributed by atoms with E-state index in [1.165, 1.54) is 24.3 Å². The highest BCUT2D eigenvalue weighted by Crippen LogP contribution is 2.38. The summed E-state index contributed by atoms with van der Waals surface area (Å²) in [6.45, 7) is 0.463. The maximum absolute atomic E-state index is 13.6. The summed E-state index contributed by atoms with van der Waals surface area (Å²) >= 11 is 0. The maximum atomic E-state index is 13.6. The van der Waals surface area contributed by atoms with Crippen LogP contribution in [-0.4, -0.2) is 36.5 Å². The van der Waals surface area contributed by atoms with Gasteiger partial charge in [0.15, 0.2) is 20.7 Å². The molecule has 27 heavy (non-hydrogen) atoms. The first kappa shape index (κ1) is 20.8. The Hall–Kier alpha value is -2.46. The van der Waals surface area contributed by atoms with Gasteiger partial charge in [0.05, 0.1) is 4.90 Å². The number of alkyl halides is 3. The fourth-order valence-corrected chi connectivity index (χ4v) is 4.31. The largest absolute Gasteiger partial charge is 0.409 e. The van der Waals surface area contributed by atoms with Crippen molar-refractivity contribution in [3.8, 4) is 0 Å². The van der Waals surface area contributed by atoms with Crippen LogP contribution in [0.2, 0.25) is 0 Å². The van der Waals surface area contributed by atoms with Crippen molar-refractivity contribution >= 4 is 21.4 Å². The monoisotopic (exact) mass is 405 g/mol. The third-order valence-electron chi connectivity index (χ3n) is 3.75. The lowest BCUT2D eigenvalue weighted by atomic mass is 10.00. The van der Waals surface area contributed by atoms with Gasteiger partial charge in [-0.25, -0.2) is 12.8 Å². The summed E-state index contributed by atoms with van der Waals surface area (Å²) in [6, 6.07) is 9.87. The van der Waals surface area contributed by atoms with Gasteiger partial charge in [0, 0.05) is 5.69 Å². The highest BCUT2D eigenvalue weighted by Gasteiger charge is 2.61. The molecule has 0 radical (unpaired) electrons. The second kappa shape index (κ2) is 7.28. The Morgan fingerprint density at radius 2 is 1.56 bits per heavy atom. The van der Waals surface area contributed by atoms with Crippen molar-refractivity contribution in [1.82, 2.24) is 0 Å². The van der Waals surface area contributed by atoms with E-state index in [-0.39, 0.29) is 5.69 Å². The molecule has 0 aliphatic carbocycles. The average molecular weight is 405 g/mol. The van der Waals surface area contributed by atoms with Gasteiger partial charge in [-0.15, -0.1) is 0 Å². The number of sulfone groups is 1. The number of aliphatic hydroxyl groups is 1. The Labute approximate surface area is 152 Å². The van der Waals surface area contributed by atoms with Crippen LogP contribution in [0.5, 0.6) is 0 Å². The Morgan fingerprint density at radius 3 is 2.04 bits per heavy atom. The number of rotatable bonds is 5. The quantitative estimate of drug-likeness (QED) is 0.592. The molecule has 146 valence electrons. The zero-order valence-corrected chi connectivity index (χ0v) is 14.7. The zero-order chi connectivity index (χ0) is 20.5. The summed E-state index contributed by atoms with van der Waals surface area (Å²) in [5, 5.41) is 8.89. The minimum Gasteiger partial charge on any atom is -0.379 e. The van der Waals surface area contributed by atoms with E-state index in [4.69, 9.17) is 0 Å². The van der Waals surface area contributed by atoms with Gasteiger partial charge in [0.25, 0.3) is 5.91 Å². The molecule has 0 saturated carbocycles. The predicted octanol–water partition coefficient (Wildman–Crippen LogP) is 2.92. The summed E-state index contributed by atoms with van der Waals surface area (Å²) in [4.78, 5) is 11.4. The molecular weight excluding hydrogens is 390 g/mol. The van der Waals surface area contributed by atoms with Crippen LogP contribution in [0.25, 0.3) is 0 Å². The van der Waals surface area contributed by atoms with E-state index in [1.54, 1.807) is 6.07 Å². The van der Waals surface area contributed by atoms with Crippen LogP contribution < -0.4 is 5.32 Å². The Kier molecular flexibility index (Phi) is 5.62. The molecule has 0 bridgehead atoms. The molecular formula is C17H15F4NO4S. The minimum absolute atomic E-state index is 0.0721. The lowest BCUT2D eigenvalue weighted by Gasteiger charge is -2.32. The fraction of sp³-hybridized carbons (Fsp3) is 0.235. The smallest absolute Gasteiger partial charge is 0.379 e. The minimum atomic E-state index is -5.48. The number of amides is 1. The number of hydrogen-bond acceptors (Lipinski definition) is 4. The third kappa shape index (κ3) is 4.45. The Bertz CT molecular complexity index is 910. The van der Waals surface area contributed by atoms with E-state index in [1.807, 2.05) is 0 Å². The van der Waals surface area contributed by atoms with Gasteiger partial charge in [0.2, 0.25) is 0 Å². The highest BCUT2D eigenvalue weighted by atomic mass is 32.2. The fourth-order valence-electron chi connectivity index (χ4n) is 2.46. The topological polar surface area (TPSA) is 83.5 Å². The molecule has 0 aromatic heterocycles.